The molecule has 1 fully saturated rings. The number of rotatable bonds is 7. The van der Waals surface area contributed by atoms with Gasteiger partial charge in [-0.3, -0.25) is 4.79 Å². The summed E-state index contributed by atoms with van der Waals surface area (Å²) in [6.45, 7) is 2.71. The molecule has 0 amide bonds. The Morgan fingerprint density at radius 1 is 1.12 bits per heavy atom. The molecule has 2 unspecified atom stereocenters. The third-order valence-electron chi connectivity index (χ3n) is 4.59. The van der Waals surface area contributed by atoms with Crippen molar-refractivity contribution in [1.29, 1.82) is 0 Å². The summed E-state index contributed by atoms with van der Waals surface area (Å²) in [4.78, 5) is 11.8. The quantitative estimate of drug-likeness (QED) is 0.428. The van der Waals surface area contributed by atoms with Gasteiger partial charge in [0.1, 0.15) is 0 Å². The molecule has 0 radical (unpaired) electrons. The fourth-order valence-electron chi connectivity index (χ4n) is 3.25. The van der Waals surface area contributed by atoms with Gasteiger partial charge in [-0.15, -0.1) is 0 Å². The van der Waals surface area contributed by atoms with E-state index in [9.17, 15) is 4.79 Å². The highest BCUT2D eigenvalue weighted by Crippen LogP contribution is 2.24. The summed E-state index contributed by atoms with van der Waals surface area (Å²) in [6, 6.07) is 0.423. The van der Waals surface area contributed by atoms with E-state index in [4.69, 9.17) is 4.74 Å². The van der Waals surface area contributed by atoms with E-state index in [-0.39, 0.29) is 11.9 Å². The summed E-state index contributed by atoms with van der Waals surface area (Å²) in [5, 5.41) is 7.07. The molecule has 4 heteroatoms. The van der Waals surface area contributed by atoms with Crippen LogP contribution in [0, 0.1) is 5.92 Å². The highest BCUT2D eigenvalue weighted by Gasteiger charge is 2.25. The molecular weight excluding hydrogens is 300 g/mol. The Kier molecular flexibility index (Phi) is 8.56. The monoisotopic (exact) mass is 330 g/mol. The van der Waals surface area contributed by atoms with E-state index in [2.05, 4.69) is 34.9 Å². The zero-order valence-corrected chi connectivity index (χ0v) is 14.7. The summed E-state index contributed by atoms with van der Waals surface area (Å²) >= 11 is 0. The van der Waals surface area contributed by atoms with Crippen molar-refractivity contribution in [2.75, 3.05) is 26.7 Å². The predicted molar refractivity (Wildman–Crippen MR) is 98.8 cm³/mol. The van der Waals surface area contributed by atoms with Gasteiger partial charge in [-0.25, -0.2) is 0 Å². The number of nitrogens with one attached hydrogen (secondary N) is 2. The fraction of sp³-hybridized carbons (Fsp3) is 0.550. The standard InChI is InChI=1S/C20H30N2O2/c1-24-20(23)18-11-7-8-12-19(15-18)22-14-13-21-16-17-9-5-3-2-4-6-10-17/h2-6,9-10,18-19,21-22H,7-8,11-16H2,1H3/b3-2-,4-2?,5-3?,6-4-,9-5-,10-6?,17-9?,17-10+. The molecule has 2 rings (SSSR count). The van der Waals surface area contributed by atoms with Crippen LogP contribution in [0.5, 0.6) is 0 Å². The third kappa shape index (κ3) is 6.85. The van der Waals surface area contributed by atoms with E-state index >= 15 is 0 Å². The number of hydrogen-bond donors (Lipinski definition) is 2. The van der Waals surface area contributed by atoms with Crippen LogP contribution in [0.15, 0.2) is 48.1 Å². The van der Waals surface area contributed by atoms with Gasteiger partial charge in [0.15, 0.2) is 0 Å². The largest absolute Gasteiger partial charge is 0.469 e. The molecule has 24 heavy (non-hydrogen) atoms. The van der Waals surface area contributed by atoms with Crippen molar-refractivity contribution in [2.45, 2.75) is 38.1 Å². The molecule has 4 nitrogen and oxygen atoms in total. The molecule has 2 atom stereocenters. The summed E-state index contributed by atoms with van der Waals surface area (Å²) in [5.74, 6) is 0.0138. The van der Waals surface area contributed by atoms with Crippen LogP contribution >= 0.6 is 0 Å². The lowest BCUT2D eigenvalue weighted by molar-refractivity contribution is -0.146. The molecule has 2 aliphatic rings. The van der Waals surface area contributed by atoms with E-state index in [1.165, 1.54) is 19.1 Å². The molecular formula is C20H30N2O2. The van der Waals surface area contributed by atoms with Crippen LogP contribution in [0.1, 0.15) is 32.1 Å². The van der Waals surface area contributed by atoms with Crippen molar-refractivity contribution in [3.8, 4) is 0 Å². The van der Waals surface area contributed by atoms with Crippen molar-refractivity contribution in [3.63, 3.8) is 0 Å². The maximum Gasteiger partial charge on any atom is 0.308 e. The molecule has 0 aliphatic heterocycles. The van der Waals surface area contributed by atoms with Crippen LogP contribution in [-0.4, -0.2) is 38.8 Å². The molecule has 0 aromatic rings. The van der Waals surface area contributed by atoms with Gasteiger partial charge in [0.05, 0.1) is 13.0 Å². The van der Waals surface area contributed by atoms with Crippen LogP contribution in [0.25, 0.3) is 0 Å². The summed E-state index contributed by atoms with van der Waals surface area (Å²) in [5.41, 5.74) is 1.27. The average molecular weight is 330 g/mol. The molecule has 0 spiro atoms. The van der Waals surface area contributed by atoms with Gasteiger partial charge in [-0.2, -0.15) is 0 Å². The molecule has 0 saturated heterocycles. The second-order valence-electron chi connectivity index (χ2n) is 6.44. The van der Waals surface area contributed by atoms with Crippen molar-refractivity contribution in [2.24, 2.45) is 5.92 Å². The molecule has 1 saturated carbocycles. The van der Waals surface area contributed by atoms with Crippen molar-refractivity contribution < 1.29 is 9.53 Å². The first-order valence-corrected chi connectivity index (χ1v) is 9.02. The van der Waals surface area contributed by atoms with Gasteiger partial charge < -0.3 is 15.4 Å². The summed E-state index contributed by atoms with van der Waals surface area (Å²) in [6.07, 6.45) is 19.8. The number of methoxy groups -OCH3 is 1. The van der Waals surface area contributed by atoms with Crippen molar-refractivity contribution in [3.05, 3.63) is 48.1 Å². The minimum Gasteiger partial charge on any atom is -0.469 e. The minimum atomic E-state index is -0.0491. The van der Waals surface area contributed by atoms with Crippen molar-refractivity contribution >= 4 is 5.97 Å². The lowest BCUT2D eigenvalue weighted by Crippen LogP contribution is -2.37. The Bertz CT molecular complexity index is 506. The highest BCUT2D eigenvalue weighted by atomic mass is 16.5. The van der Waals surface area contributed by atoms with Gasteiger partial charge in [0.2, 0.25) is 0 Å². The van der Waals surface area contributed by atoms with Gasteiger partial charge >= 0.3 is 5.97 Å². The normalized spacial score (nSPS) is 30.1. The number of esters is 1. The average Bonchev–Trinajstić information content (AvgIpc) is 2.81. The molecule has 2 aliphatic carbocycles. The highest BCUT2D eigenvalue weighted by molar-refractivity contribution is 5.72. The Labute approximate surface area is 145 Å². The second kappa shape index (κ2) is 11.0. The molecule has 0 aromatic carbocycles. The van der Waals surface area contributed by atoms with E-state index in [0.29, 0.717) is 6.04 Å². The number of ether oxygens (including phenoxy) is 1. The smallest absolute Gasteiger partial charge is 0.308 e. The molecule has 132 valence electrons. The lowest BCUT2D eigenvalue weighted by atomic mass is 9.98. The lowest BCUT2D eigenvalue weighted by Gasteiger charge is -2.20. The van der Waals surface area contributed by atoms with Gasteiger partial charge in [0.25, 0.3) is 0 Å². The minimum absolute atomic E-state index is 0.0491. The van der Waals surface area contributed by atoms with Gasteiger partial charge in [-0.05, 0) is 24.8 Å². The topological polar surface area (TPSA) is 50.4 Å². The zero-order chi connectivity index (χ0) is 17.0. The van der Waals surface area contributed by atoms with Crippen LogP contribution < -0.4 is 10.6 Å². The van der Waals surface area contributed by atoms with Crippen LogP contribution in [-0.2, 0) is 9.53 Å². The van der Waals surface area contributed by atoms with Gasteiger partial charge in [0, 0.05) is 25.7 Å². The first-order chi connectivity index (χ1) is 11.8. The van der Waals surface area contributed by atoms with E-state index in [1.807, 2.05) is 18.2 Å². The summed E-state index contributed by atoms with van der Waals surface area (Å²) in [7, 11) is 1.49. The Morgan fingerprint density at radius 2 is 1.92 bits per heavy atom. The van der Waals surface area contributed by atoms with Crippen molar-refractivity contribution in [1.82, 2.24) is 10.6 Å². The number of hydrogen-bond acceptors (Lipinski definition) is 4. The Hall–Kier alpha value is -1.65. The Balaban J connectivity index is 1.65. The fourth-order valence-corrected chi connectivity index (χ4v) is 3.25. The maximum atomic E-state index is 11.8. The van der Waals surface area contributed by atoms with Crippen LogP contribution in [0.4, 0.5) is 0 Å². The van der Waals surface area contributed by atoms with E-state index in [1.54, 1.807) is 0 Å². The molecule has 0 aromatic heterocycles. The predicted octanol–water partition coefficient (Wildman–Crippen LogP) is 2.90. The van der Waals surface area contributed by atoms with Crippen LogP contribution in [0.2, 0.25) is 0 Å². The molecule has 2 N–H and O–H groups in total. The van der Waals surface area contributed by atoms with E-state index in [0.717, 1.165) is 45.3 Å². The molecule has 0 heterocycles. The zero-order valence-electron chi connectivity index (χ0n) is 14.7. The number of carbonyl (C=O) groups excluding carboxylic acids is 1. The SMILES string of the molecule is COC(=O)C1CCCCC(NCCNCC2=C/C=C\C=C/C=C\2)C1. The third-order valence-corrected chi connectivity index (χ3v) is 4.59. The first kappa shape index (κ1) is 18.7. The number of allylic oxidation sites excluding steroid dienone is 6. The summed E-state index contributed by atoms with van der Waals surface area (Å²) < 4.78 is 4.92. The van der Waals surface area contributed by atoms with Crippen LogP contribution in [0.3, 0.4) is 0 Å². The van der Waals surface area contributed by atoms with E-state index < -0.39 is 0 Å². The van der Waals surface area contributed by atoms with Gasteiger partial charge in [-0.1, -0.05) is 55.4 Å². The maximum absolute atomic E-state index is 11.8. The second-order valence-corrected chi connectivity index (χ2v) is 6.44. The Morgan fingerprint density at radius 3 is 2.79 bits per heavy atom. The molecule has 0 bridgehead atoms. The number of carbonyl (C=O) groups is 1. The first-order valence-electron chi connectivity index (χ1n) is 9.02.